The van der Waals surface area contributed by atoms with E-state index < -0.39 is 0 Å². The summed E-state index contributed by atoms with van der Waals surface area (Å²) in [6.07, 6.45) is 3.70. The number of nitrogens with one attached hydrogen (secondary N) is 2. The SMILES string of the molecule is C[C@H]1CCCCN1Cc1cc(=O)n2[nH]c(NCc3cccs3)nc2n1. The number of anilines is 1. The third-order valence-corrected chi connectivity index (χ3v) is 5.58. The fraction of sp³-hybridized carbons (Fsp3) is 0.471. The van der Waals surface area contributed by atoms with Crippen molar-refractivity contribution in [3.05, 3.63) is 44.5 Å². The van der Waals surface area contributed by atoms with Crippen LogP contribution >= 0.6 is 11.3 Å². The number of likely N-dealkylation sites (tertiary alicyclic amines) is 1. The molecular formula is C17H22N6OS. The van der Waals surface area contributed by atoms with Crippen LogP contribution in [0.1, 0.15) is 36.8 Å². The van der Waals surface area contributed by atoms with Gasteiger partial charge < -0.3 is 5.32 Å². The number of fused-ring (bicyclic) bond motifs is 1. The second-order valence-electron chi connectivity index (χ2n) is 6.54. The van der Waals surface area contributed by atoms with E-state index in [1.807, 2.05) is 11.4 Å². The molecule has 0 bridgehead atoms. The van der Waals surface area contributed by atoms with Crippen molar-refractivity contribution in [2.75, 3.05) is 11.9 Å². The van der Waals surface area contributed by atoms with E-state index in [2.05, 4.69) is 38.3 Å². The third kappa shape index (κ3) is 3.59. The van der Waals surface area contributed by atoms with Crippen LogP contribution in [-0.2, 0) is 13.1 Å². The molecule has 0 amide bonds. The van der Waals surface area contributed by atoms with Crippen LogP contribution in [0.3, 0.4) is 0 Å². The van der Waals surface area contributed by atoms with Crippen molar-refractivity contribution in [1.29, 1.82) is 0 Å². The van der Waals surface area contributed by atoms with Crippen molar-refractivity contribution in [3.8, 4) is 0 Å². The van der Waals surface area contributed by atoms with Crippen LogP contribution in [0.2, 0.25) is 0 Å². The quantitative estimate of drug-likeness (QED) is 0.732. The van der Waals surface area contributed by atoms with Crippen molar-refractivity contribution in [2.45, 2.75) is 45.3 Å². The maximum atomic E-state index is 12.4. The summed E-state index contributed by atoms with van der Waals surface area (Å²) in [6, 6.07) is 6.22. The van der Waals surface area contributed by atoms with Crippen LogP contribution in [0.15, 0.2) is 28.4 Å². The summed E-state index contributed by atoms with van der Waals surface area (Å²) in [6.45, 7) is 4.68. The van der Waals surface area contributed by atoms with Gasteiger partial charge in [0.2, 0.25) is 5.95 Å². The Morgan fingerprint density at radius 3 is 3.12 bits per heavy atom. The van der Waals surface area contributed by atoms with Gasteiger partial charge in [-0.25, -0.2) is 4.98 Å². The van der Waals surface area contributed by atoms with E-state index in [1.165, 1.54) is 28.7 Å². The number of nitrogens with zero attached hydrogens (tertiary/aromatic N) is 4. The van der Waals surface area contributed by atoms with Gasteiger partial charge in [-0.3, -0.25) is 14.8 Å². The number of hydrogen-bond acceptors (Lipinski definition) is 6. The Morgan fingerprint density at radius 1 is 1.40 bits per heavy atom. The first kappa shape index (κ1) is 16.3. The normalized spacial score (nSPS) is 18.7. The lowest BCUT2D eigenvalue weighted by Crippen LogP contribution is -2.37. The predicted octanol–water partition coefficient (Wildman–Crippen LogP) is 2.47. The number of thiophene rings is 1. The first-order chi connectivity index (χ1) is 12.2. The van der Waals surface area contributed by atoms with Crippen LogP contribution in [0.4, 0.5) is 5.95 Å². The minimum atomic E-state index is -0.124. The molecule has 4 rings (SSSR count). The lowest BCUT2D eigenvalue weighted by molar-refractivity contribution is 0.151. The van der Waals surface area contributed by atoms with Gasteiger partial charge in [0.15, 0.2) is 0 Å². The number of rotatable bonds is 5. The van der Waals surface area contributed by atoms with Crippen molar-refractivity contribution in [3.63, 3.8) is 0 Å². The highest BCUT2D eigenvalue weighted by Crippen LogP contribution is 2.18. The summed E-state index contributed by atoms with van der Waals surface area (Å²) in [5.41, 5.74) is 0.663. The lowest BCUT2D eigenvalue weighted by atomic mass is 10.0. The van der Waals surface area contributed by atoms with Gasteiger partial charge in [-0.05, 0) is 37.8 Å². The Morgan fingerprint density at radius 2 is 2.32 bits per heavy atom. The molecule has 0 unspecified atom stereocenters. The molecule has 3 aromatic rings. The van der Waals surface area contributed by atoms with Crippen LogP contribution in [0, 0.1) is 0 Å². The second kappa shape index (κ2) is 6.97. The van der Waals surface area contributed by atoms with Gasteiger partial charge in [0.05, 0.1) is 12.2 Å². The molecule has 8 heteroatoms. The van der Waals surface area contributed by atoms with Gasteiger partial charge in [-0.1, -0.05) is 12.5 Å². The number of H-pyrrole nitrogens is 1. The standard InChI is InChI=1S/C17H22N6OS/c1-12-5-2-3-7-22(12)11-13-9-15(24)23-17(19-13)20-16(21-23)18-10-14-6-4-8-25-14/h4,6,8-9,12H,2-3,5,7,10-11H2,1H3,(H2,18,19,20,21)/t12-/m0/s1. The fourth-order valence-electron chi connectivity index (χ4n) is 3.27. The summed E-state index contributed by atoms with van der Waals surface area (Å²) in [5, 5.41) is 8.22. The molecule has 132 valence electrons. The van der Waals surface area contributed by atoms with Crippen LogP contribution in [0.5, 0.6) is 0 Å². The van der Waals surface area contributed by atoms with E-state index in [0.29, 0.717) is 30.9 Å². The van der Waals surface area contributed by atoms with Crippen molar-refractivity contribution in [1.82, 2.24) is 24.5 Å². The Hall–Kier alpha value is -2.19. The first-order valence-electron chi connectivity index (χ1n) is 8.68. The zero-order chi connectivity index (χ0) is 17.2. The summed E-state index contributed by atoms with van der Waals surface area (Å²) in [5.74, 6) is 0.974. The molecular weight excluding hydrogens is 336 g/mol. The summed E-state index contributed by atoms with van der Waals surface area (Å²) >= 11 is 1.68. The topological polar surface area (TPSA) is 78.3 Å². The summed E-state index contributed by atoms with van der Waals surface area (Å²) in [4.78, 5) is 25.0. The van der Waals surface area contributed by atoms with Crippen molar-refractivity contribution in [2.24, 2.45) is 0 Å². The minimum absolute atomic E-state index is 0.124. The lowest BCUT2D eigenvalue weighted by Gasteiger charge is -2.32. The number of hydrogen-bond donors (Lipinski definition) is 2. The number of piperidine rings is 1. The van der Waals surface area contributed by atoms with Crippen molar-refractivity contribution < 1.29 is 0 Å². The average Bonchev–Trinajstić information content (AvgIpc) is 3.24. The molecule has 1 aliphatic heterocycles. The first-order valence-corrected chi connectivity index (χ1v) is 9.56. The largest absolute Gasteiger partial charge is 0.350 e. The minimum Gasteiger partial charge on any atom is -0.350 e. The van der Waals surface area contributed by atoms with Crippen LogP contribution in [-0.4, -0.2) is 37.1 Å². The van der Waals surface area contributed by atoms with E-state index in [-0.39, 0.29) is 5.56 Å². The molecule has 25 heavy (non-hydrogen) atoms. The average molecular weight is 358 g/mol. The van der Waals surface area contributed by atoms with Gasteiger partial charge in [-0.2, -0.15) is 9.50 Å². The molecule has 1 atom stereocenters. The Balaban J connectivity index is 1.53. The molecule has 4 heterocycles. The zero-order valence-electron chi connectivity index (χ0n) is 14.2. The predicted molar refractivity (Wildman–Crippen MR) is 99.0 cm³/mol. The maximum absolute atomic E-state index is 12.4. The highest BCUT2D eigenvalue weighted by molar-refractivity contribution is 7.09. The van der Waals surface area contributed by atoms with E-state index in [0.717, 1.165) is 12.2 Å². The molecule has 2 N–H and O–H groups in total. The molecule has 7 nitrogen and oxygen atoms in total. The summed E-state index contributed by atoms with van der Waals surface area (Å²) in [7, 11) is 0. The van der Waals surface area contributed by atoms with Gasteiger partial charge in [0.1, 0.15) is 0 Å². The molecule has 1 aliphatic rings. The maximum Gasteiger partial charge on any atom is 0.274 e. The molecule has 0 aromatic carbocycles. The molecule has 0 saturated carbocycles. The molecule has 0 aliphatic carbocycles. The molecule has 1 saturated heterocycles. The molecule has 1 fully saturated rings. The Kier molecular flexibility index (Phi) is 4.54. The monoisotopic (exact) mass is 358 g/mol. The van der Waals surface area contributed by atoms with Gasteiger partial charge >= 0.3 is 0 Å². The second-order valence-corrected chi connectivity index (χ2v) is 7.57. The molecule has 3 aromatic heterocycles. The van der Waals surface area contributed by atoms with Gasteiger partial charge in [0.25, 0.3) is 11.3 Å². The van der Waals surface area contributed by atoms with Crippen molar-refractivity contribution >= 4 is 23.1 Å². The van der Waals surface area contributed by atoms with Gasteiger partial charge in [0, 0.05) is 23.5 Å². The smallest absolute Gasteiger partial charge is 0.274 e. The summed E-state index contributed by atoms with van der Waals surface area (Å²) < 4.78 is 1.39. The zero-order valence-corrected chi connectivity index (χ0v) is 15.1. The van der Waals surface area contributed by atoms with E-state index in [1.54, 1.807) is 17.4 Å². The van der Waals surface area contributed by atoms with E-state index >= 15 is 0 Å². The number of aromatic nitrogens is 4. The molecule has 0 spiro atoms. The Bertz CT molecular complexity index is 900. The Labute approximate surface area is 149 Å². The highest BCUT2D eigenvalue weighted by atomic mass is 32.1. The molecule has 0 radical (unpaired) electrons. The fourth-order valence-corrected chi connectivity index (χ4v) is 3.92. The van der Waals surface area contributed by atoms with Crippen LogP contribution < -0.4 is 10.9 Å². The third-order valence-electron chi connectivity index (χ3n) is 4.70. The van der Waals surface area contributed by atoms with E-state index in [4.69, 9.17) is 0 Å². The van der Waals surface area contributed by atoms with Gasteiger partial charge in [-0.15, -0.1) is 11.3 Å². The number of aromatic amines is 1. The highest BCUT2D eigenvalue weighted by Gasteiger charge is 2.19. The van der Waals surface area contributed by atoms with Crippen LogP contribution in [0.25, 0.3) is 5.78 Å². The van der Waals surface area contributed by atoms with E-state index in [9.17, 15) is 4.79 Å².